The molecule has 0 saturated carbocycles. The maximum absolute atomic E-state index is 11.8. The van der Waals surface area contributed by atoms with Crippen LogP contribution in [0.15, 0.2) is 24.3 Å². The van der Waals surface area contributed by atoms with Crippen LogP contribution in [0.2, 0.25) is 0 Å². The van der Waals surface area contributed by atoms with E-state index in [0.717, 1.165) is 11.3 Å². The molecule has 0 bridgehead atoms. The monoisotopic (exact) mass is 280 g/mol. The molecule has 5 heteroatoms. The third kappa shape index (κ3) is 5.09. The summed E-state index contributed by atoms with van der Waals surface area (Å²) in [6, 6.07) is 7.40. The van der Waals surface area contributed by atoms with Crippen molar-refractivity contribution in [3.05, 3.63) is 29.8 Å². The Hall–Kier alpha value is -1.75. The Balaban J connectivity index is 2.66. The van der Waals surface area contributed by atoms with Gasteiger partial charge in [0.15, 0.2) is 0 Å². The minimum atomic E-state index is -0.267. The highest BCUT2D eigenvalue weighted by Gasteiger charge is 2.18. The molecule has 112 valence electrons. The minimum absolute atomic E-state index is 0.213. The molecular formula is C15H24N2O3. The SMILES string of the molecule is COc1ccccc1[C@H](CNC(=O)NC(C)(C)C)OC. The number of nitrogens with one attached hydrogen (secondary N) is 2. The van der Waals surface area contributed by atoms with Crippen LogP contribution in [-0.2, 0) is 4.74 Å². The molecule has 5 nitrogen and oxygen atoms in total. The van der Waals surface area contributed by atoms with Gasteiger partial charge >= 0.3 is 6.03 Å². The van der Waals surface area contributed by atoms with Crippen molar-refractivity contribution in [2.24, 2.45) is 0 Å². The lowest BCUT2D eigenvalue weighted by atomic mass is 10.1. The summed E-state index contributed by atoms with van der Waals surface area (Å²) < 4.78 is 10.7. The van der Waals surface area contributed by atoms with Crippen LogP contribution in [0.4, 0.5) is 4.79 Å². The number of methoxy groups -OCH3 is 2. The molecule has 2 N–H and O–H groups in total. The van der Waals surface area contributed by atoms with Gasteiger partial charge in [0.2, 0.25) is 0 Å². The fourth-order valence-corrected chi connectivity index (χ4v) is 1.82. The largest absolute Gasteiger partial charge is 0.496 e. The number of carbonyl (C=O) groups is 1. The molecule has 1 atom stereocenters. The summed E-state index contributed by atoms with van der Waals surface area (Å²) in [5.41, 5.74) is 0.644. The molecule has 0 heterocycles. The highest BCUT2D eigenvalue weighted by Crippen LogP contribution is 2.26. The minimum Gasteiger partial charge on any atom is -0.496 e. The van der Waals surface area contributed by atoms with E-state index in [1.807, 2.05) is 45.0 Å². The Bertz CT molecular complexity index is 441. The van der Waals surface area contributed by atoms with Crippen molar-refractivity contribution in [2.45, 2.75) is 32.4 Å². The summed E-state index contributed by atoms with van der Waals surface area (Å²) >= 11 is 0. The molecule has 0 saturated heterocycles. The maximum Gasteiger partial charge on any atom is 0.315 e. The molecule has 0 unspecified atom stereocenters. The molecular weight excluding hydrogens is 256 g/mol. The van der Waals surface area contributed by atoms with Crippen LogP contribution in [0.3, 0.4) is 0 Å². The second-order valence-electron chi connectivity index (χ2n) is 5.55. The fourth-order valence-electron chi connectivity index (χ4n) is 1.82. The average Bonchev–Trinajstić information content (AvgIpc) is 2.38. The summed E-state index contributed by atoms with van der Waals surface area (Å²) in [6.45, 7) is 6.17. The van der Waals surface area contributed by atoms with Crippen molar-refractivity contribution < 1.29 is 14.3 Å². The van der Waals surface area contributed by atoms with Crippen molar-refractivity contribution in [2.75, 3.05) is 20.8 Å². The van der Waals surface area contributed by atoms with Gasteiger partial charge in [-0.15, -0.1) is 0 Å². The number of hydrogen-bond donors (Lipinski definition) is 2. The zero-order chi connectivity index (χ0) is 15.2. The van der Waals surface area contributed by atoms with Crippen LogP contribution >= 0.6 is 0 Å². The molecule has 1 aromatic rings. The van der Waals surface area contributed by atoms with Crippen LogP contribution in [0.1, 0.15) is 32.4 Å². The second kappa shape index (κ2) is 7.14. The first-order chi connectivity index (χ1) is 9.37. The van der Waals surface area contributed by atoms with Crippen molar-refractivity contribution >= 4 is 6.03 Å². The lowest BCUT2D eigenvalue weighted by molar-refractivity contribution is 0.101. The quantitative estimate of drug-likeness (QED) is 0.871. The molecule has 0 aliphatic rings. The van der Waals surface area contributed by atoms with Gasteiger partial charge < -0.3 is 20.1 Å². The van der Waals surface area contributed by atoms with Crippen LogP contribution in [-0.4, -0.2) is 32.3 Å². The third-order valence-electron chi connectivity index (χ3n) is 2.71. The first-order valence-electron chi connectivity index (χ1n) is 6.59. The molecule has 0 aliphatic carbocycles. The Kier molecular flexibility index (Phi) is 5.82. The topological polar surface area (TPSA) is 59.6 Å². The summed E-state index contributed by atoms with van der Waals surface area (Å²) in [4.78, 5) is 11.8. The number of benzene rings is 1. The molecule has 1 aromatic carbocycles. The van der Waals surface area contributed by atoms with Crippen LogP contribution in [0, 0.1) is 0 Å². The van der Waals surface area contributed by atoms with Gasteiger partial charge in [-0.2, -0.15) is 0 Å². The van der Waals surface area contributed by atoms with E-state index < -0.39 is 0 Å². The summed E-state index contributed by atoms with van der Waals surface area (Å²) in [5.74, 6) is 0.748. The first kappa shape index (κ1) is 16.3. The highest BCUT2D eigenvalue weighted by molar-refractivity contribution is 5.74. The van der Waals surface area contributed by atoms with Gasteiger partial charge in [-0.05, 0) is 26.8 Å². The van der Waals surface area contributed by atoms with E-state index in [1.165, 1.54) is 0 Å². The normalized spacial score (nSPS) is 12.7. The third-order valence-corrected chi connectivity index (χ3v) is 2.71. The molecule has 0 aromatic heterocycles. The average molecular weight is 280 g/mol. The van der Waals surface area contributed by atoms with Crippen molar-refractivity contribution in [1.82, 2.24) is 10.6 Å². The Labute approximate surface area is 120 Å². The van der Waals surface area contributed by atoms with Crippen LogP contribution in [0.25, 0.3) is 0 Å². The van der Waals surface area contributed by atoms with E-state index in [9.17, 15) is 4.79 Å². The van der Waals surface area contributed by atoms with E-state index in [-0.39, 0.29) is 17.7 Å². The van der Waals surface area contributed by atoms with Gasteiger partial charge in [0, 0.05) is 24.8 Å². The highest BCUT2D eigenvalue weighted by atomic mass is 16.5. The Morgan fingerprint density at radius 2 is 1.90 bits per heavy atom. The molecule has 2 amide bonds. The van der Waals surface area contributed by atoms with Gasteiger partial charge in [-0.25, -0.2) is 4.79 Å². The molecule has 0 spiro atoms. The van der Waals surface area contributed by atoms with Gasteiger partial charge in [0.05, 0.1) is 7.11 Å². The van der Waals surface area contributed by atoms with Gasteiger partial charge in [-0.3, -0.25) is 0 Å². The second-order valence-corrected chi connectivity index (χ2v) is 5.55. The number of amides is 2. The predicted octanol–water partition coefficient (Wildman–Crippen LogP) is 2.48. The Morgan fingerprint density at radius 3 is 2.45 bits per heavy atom. The zero-order valence-corrected chi connectivity index (χ0v) is 12.8. The molecule has 0 radical (unpaired) electrons. The number of ether oxygens (including phenoxy) is 2. The maximum atomic E-state index is 11.8. The van der Waals surface area contributed by atoms with E-state index in [1.54, 1.807) is 14.2 Å². The van der Waals surface area contributed by atoms with Gasteiger partial charge in [-0.1, -0.05) is 18.2 Å². The van der Waals surface area contributed by atoms with Gasteiger partial charge in [0.25, 0.3) is 0 Å². The van der Waals surface area contributed by atoms with Gasteiger partial charge in [0.1, 0.15) is 11.9 Å². The predicted molar refractivity (Wildman–Crippen MR) is 79.0 cm³/mol. The lowest BCUT2D eigenvalue weighted by Gasteiger charge is -2.23. The van der Waals surface area contributed by atoms with E-state index in [4.69, 9.17) is 9.47 Å². The first-order valence-corrected chi connectivity index (χ1v) is 6.59. The molecule has 1 rings (SSSR count). The van der Waals surface area contributed by atoms with E-state index in [2.05, 4.69) is 10.6 Å². The number of hydrogen-bond acceptors (Lipinski definition) is 3. The van der Waals surface area contributed by atoms with Crippen LogP contribution < -0.4 is 15.4 Å². The number of para-hydroxylation sites is 1. The standard InChI is InChI=1S/C15H24N2O3/c1-15(2,3)17-14(18)16-10-13(20-5)11-8-6-7-9-12(11)19-4/h6-9,13H,10H2,1-5H3,(H2,16,17,18)/t13-/m0/s1. The van der Waals surface area contributed by atoms with E-state index >= 15 is 0 Å². The van der Waals surface area contributed by atoms with Crippen LogP contribution in [0.5, 0.6) is 5.75 Å². The summed E-state index contributed by atoms with van der Waals surface area (Å²) in [5, 5.41) is 5.65. The number of carbonyl (C=O) groups excluding carboxylic acids is 1. The molecule has 0 fully saturated rings. The Morgan fingerprint density at radius 1 is 1.25 bits per heavy atom. The number of urea groups is 1. The van der Waals surface area contributed by atoms with Crippen molar-refractivity contribution in [3.8, 4) is 5.75 Å². The summed E-state index contributed by atoms with van der Waals surface area (Å²) in [6.07, 6.45) is -0.253. The molecule has 20 heavy (non-hydrogen) atoms. The van der Waals surface area contributed by atoms with Crippen molar-refractivity contribution in [3.63, 3.8) is 0 Å². The fraction of sp³-hybridized carbons (Fsp3) is 0.533. The van der Waals surface area contributed by atoms with E-state index in [0.29, 0.717) is 6.54 Å². The smallest absolute Gasteiger partial charge is 0.315 e. The zero-order valence-electron chi connectivity index (χ0n) is 12.8. The summed E-state index contributed by atoms with van der Waals surface area (Å²) in [7, 11) is 3.23. The number of rotatable bonds is 5. The lowest BCUT2D eigenvalue weighted by Crippen LogP contribution is -2.47. The van der Waals surface area contributed by atoms with Crippen molar-refractivity contribution in [1.29, 1.82) is 0 Å². The molecule has 0 aliphatic heterocycles.